The van der Waals surface area contributed by atoms with E-state index in [9.17, 15) is 20.2 Å². The molecule has 0 aromatic heterocycles. The molecule has 0 spiro atoms. The van der Waals surface area contributed by atoms with Gasteiger partial charge in [-0.25, -0.2) is 0 Å². The molecule has 1 aromatic rings. The van der Waals surface area contributed by atoms with Gasteiger partial charge in [-0.2, -0.15) is 0 Å². The highest BCUT2D eigenvalue weighted by Crippen LogP contribution is 2.33. The van der Waals surface area contributed by atoms with E-state index in [1.54, 1.807) is 0 Å². The molecule has 1 rings (SSSR count). The van der Waals surface area contributed by atoms with Crippen molar-refractivity contribution >= 4 is 17.1 Å². The Kier molecular flexibility index (Phi) is 5.01. The Morgan fingerprint density at radius 1 is 1.10 bits per heavy atom. The number of nitro benzene ring substituents is 2. The fourth-order valence-electron chi connectivity index (χ4n) is 1.85. The Hall–Kier alpha value is -2.18. The van der Waals surface area contributed by atoms with E-state index in [4.69, 9.17) is 0 Å². The summed E-state index contributed by atoms with van der Waals surface area (Å²) in [6.45, 7) is 6.75. The van der Waals surface area contributed by atoms with E-state index < -0.39 is 9.85 Å². The van der Waals surface area contributed by atoms with Gasteiger partial charge < -0.3 is 5.32 Å². The van der Waals surface area contributed by atoms with Gasteiger partial charge in [-0.05, 0) is 24.3 Å². The van der Waals surface area contributed by atoms with Crippen LogP contribution < -0.4 is 5.32 Å². The molecule has 7 heteroatoms. The minimum atomic E-state index is -0.612. The molecule has 0 radical (unpaired) electrons. The van der Waals surface area contributed by atoms with E-state index in [-0.39, 0.29) is 22.5 Å². The number of hydrogen-bond acceptors (Lipinski definition) is 5. The van der Waals surface area contributed by atoms with Crippen molar-refractivity contribution in [3.8, 4) is 0 Å². The van der Waals surface area contributed by atoms with E-state index >= 15 is 0 Å². The highest BCUT2D eigenvalue weighted by molar-refractivity contribution is 5.73. The normalized spacial score (nSPS) is 11.2. The van der Waals surface area contributed by atoms with E-state index in [1.807, 2.05) is 0 Å². The lowest BCUT2D eigenvalue weighted by Gasteiger charge is -2.17. The van der Waals surface area contributed by atoms with Gasteiger partial charge in [0.1, 0.15) is 0 Å². The van der Waals surface area contributed by atoms with Crippen LogP contribution in [0.15, 0.2) is 18.2 Å². The Balaban J connectivity index is 2.86. The molecule has 7 nitrogen and oxygen atoms in total. The third-order valence-corrected chi connectivity index (χ3v) is 2.82. The van der Waals surface area contributed by atoms with Crippen molar-refractivity contribution in [3.05, 3.63) is 38.4 Å². The van der Waals surface area contributed by atoms with Crippen LogP contribution in [0.2, 0.25) is 0 Å². The van der Waals surface area contributed by atoms with Crippen LogP contribution in [-0.4, -0.2) is 16.4 Å². The minimum absolute atomic E-state index is 0.0172. The van der Waals surface area contributed by atoms with E-state index in [0.717, 1.165) is 12.8 Å². The lowest BCUT2D eigenvalue weighted by molar-refractivity contribution is -0.392. The maximum absolute atomic E-state index is 10.9. The van der Waals surface area contributed by atoms with Gasteiger partial charge in [0.25, 0.3) is 11.4 Å². The van der Waals surface area contributed by atoms with Gasteiger partial charge in [-0.15, -0.1) is 0 Å². The van der Waals surface area contributed by atoms with Gasteiger partial charge in [0, 0.05) is 18.7 Å². The average molecular weight is 281 g/mol. The van der Waals surface area contributed by atoms with Gasteiger partial charge >= 0.3 is 0 Å². The van der Waals surface area contributed by atoms with Gasteiger partial charge in [-0.3, -0.25) is 20.2 Å². The molecule has 20 heavy (non-hydrogen) atoms. The van der Waals surface area contributed by atoms with Gasteiger partial charge in [0.15, 0.2) is 5.69 Å². The van der Waals surface area contributed by atoms with Crippen molar-refractivity contribution in [1.82, 2.24) is 0 Å². The third-order valence-electron chi connectivity index (χ3n) is 2.82. The highest BCUT2D eigenvalue weighted by atomic mass is 16.6. The summed E-state index contributed by atoms with van der Waals surface area (Å²) < 4.78 is 0. The van der Waals surface area contributed by atoms with Crippen LogP contribution in [-0.2, 0) is 0 Å². The van der Waals surface area contributed by atoms with Crippen molar-refractivity contribution in [1.29, 1.82) is 0 Å². The van der Waals surface area contributed by atoms with E-state index in [1.165, 1.54) is 18.2 Å². The van der Waals surface area contributed by atoms with E-state index in [2.05, 4.69) is 26.1 Å². The van der Waals surface area contributed by atoms with Gasteiger partial charge in [0.2, 0.25) is 0 Å². The first-order valence-electron chi connectivity index (χ1n) is 6.38. The van der Waals surface area contributed by atoms with Crippen LogP contribution in [0.3, 0.4) is 0 Å². The smallest absolute Gasteiger partial charge is 0.299 e. The summed E-state index contributed by atoms with van der Waals surface area (Å²) in [7, 11) is 0. The van der Waals surface area contributed by atoms with Crippen LogP contribution in [0.25, 0.3) is 0 Å². The molecular formula is C13H19N3O4. The van der Waals surface area contributed by atoms with Crippen LogP contribution >= 0.6 is 0 Å². The summed E-state index contributed by atoms with van der Waals surface area (Å²) in [5.74, 6) is 0. The first-order valence-corrected chi connectivity index (χ1v) is 6.38. The Morgan fingerprint density at radius 3 is 2.00 bits per heavy atom. The fraction of sp³-hybridized carbons (Fsp3) is 0.538. The number of hydrogen-bond donors (Lipinski definition) is 1. The molecular weight excluding hydrogens is 262 g/mol. The number of nitrogens with one attached hydrogen (secondary N) is 1. The van der Waals surface area contributed by atoms with Crippen LogP contribution in [0.5, 0.6) is 0 Å². The predicted octanol–water partition coefficient (Wildman–Crippen LogP) is 3.74. The molecule has 0 aliphatic rings. The summed E-state index contributed by atoms with van der Waals surface area (Å²) in [5, 5.41) is 24.7. The summed E-state index contributed by atoms with van der Waals surface area (Å²) in [4.78, 5) is 20.6. The second kappa shape index (κ2) is 6.31. The Bertz CT molecular complexity index is 477. The van der Waals surface area contributed by atoms with Crippen LogP contribution in [0, 0.1) is 25.6 Å². The lowest BCUT2D eigenvalue weighted by Crippen LogP contribution is -2.11. The zero-order chi connectivity index (χ0) is 15.3. The fourth-order valence-corrected chi connectivity index (χ4v) is 1.85. The summed E-state index contributed by atoms with van der Waals surface area (Å²) >= 11 is 0. The molecule has 0 fully saturated rings. The standard InChI is InChI=1S/C13H19N3O4/c1-13(2,3)8-5-9-14-12-10(15(17)18)6-4-7-11(12)16(19)20/h4,6-7,14H,5,8-9H2,1-3H3. The number of anilines is 1. The quantitative estimate of drug-likeness (QED) is 0.486. The number of nitro groups is 2. The zero-order valence-corrected chi connectivity index (χ0v) is 11.9. The minimum Gasteiger partial charge on any atom is -0.374 e. The first-order chi connectivity index (χ1) is 9.22. The van der Waals surface area contributed by atoms with Gasteiger partial charge in [-0.1, -0.05) is 20.8 Å². The number of nitrogens with zero attached hydrogens (tertiary/aromatic N) is 2. The average Bonchev–Trinajstić information content (AvgIpc) is 2.32. The zero-order valence-electron chi connectivity index (χ0n) is 11.9. The van der Waals surface area contributed by atoms with Crippen molar-refractivity contribution in [3.63, 3.8) is 0 Å². The maximum Gasteiger partial charge on any atom is 0.299 e. The molecule has 0 heterocycles. The predicted molar refractivity (Wildman–Crippen MR) is 76.9 cm³/mol. The van der Waals surface area contributed by atoms with Crippen LogP contribution in [0.1, 0.15) is 33.6 Å². The SMILES string of the molecule is CC(C)(C)CCCNc1c([N+](=O)[O-])cccc1[N+](=O)[O-]. The Morgan fingerprint density at radius 2 is 1.60 bits per heavy atom. The summed E-state index contributed by atoms with van der Waals surface area (Å²) in [5.41, 5.74) is -0.391. The molecule has 0 saturated heterocycles. The first kappa shape index (κ1) is 15.9. The number of rotatable bonds is 6. The second-order valence-corrected chi connectivity index (χ2v) is 5.78. The van der Waals surface area contributed by atoms with Crippen molar-refractivity contribution in [2.24, 2.45) is 5.41 Å². The molecule has 1 aromatic carbocycles. The molecule has 0 saturated carbocycles. The molecule has 0 aliphatic heterocycles. The molecule has 0 atom stereocenters. The second-order valence-electron chi connectivity index (χ2n) is 5.78. The molecule has 0 amide bonds. The van der Waals surface area contributed by atoms with E-state index in [0.29, 0.717) is 6.54 Å². The number of benzene rings is 1. The summed E-state index contributed by atoms with van der Waals surface area (Å²) in [6, 6.07) is 3.84. The number of para-hydroxylation sites is 1. The molecule has 0 aliphatic carbocycles. The van der Waals surface area contributed by atoms with Crippen molar-refractivity contribution in [2.45, 2.75) is 33.6 Å². The monoisotopic (exact) mass is 281 g/mol. The molecule has 110 valence electrons. The lowest BCUT2D eigenvalue weighted by atomic mass is 9.91. The topological polar surface area (TPSA) is 98.3 Å². The largest absolute Gasteiger partial charge is 0.374 e. The summed E-state index contributed by atoms with van der Waals surface area (Å²) in [6.07, 6.45) is 1.71. The van der Waals surface area contributed by atoms with Crippen molar-refractivity contribution in [2.75, 3.05) is 11.9 Å². The maximum atomic E-state index is 10.9. The van der Waals surface area contributed by atoms with Gasteiger partial charge in [0.05, 0.1) is 9.85 Å². The molecule has 0 bridgehead atoms. The third kappa shape index (κ3) is 4.49. The van der Waals surface area contributed by atoms with Crippen LogP contribution in [0.4, 0.5) is 17.1 Å². The molecule has 1 N–H and O–H groups in total. The highest BCUT2D eigenvalue weighted by Gasteiger charge is 2.24. The Labute approximate surface area is 117 Å². The molecule has 0 unspecified atom stereocenters. The van der Waals surface area contributed by atoms with Crippen molar-refractivity contribution < 1.29 is 9.85 Å².